The second-order valence-electron chi connectivity index (χ2n) is 4.63. The quantitative estimate of drug-likeness (QED) is 0.782. The summed E-state index contributed by atoms with van der Waals surface area (Å²) in [5.41, 5.74) is 0.965. The van der Waals surface area contributed by atoms with Crippen LogP contribution >= 0.6 is 0 Å². The summed E-state index contributed by atoms with van der Waals surface area (Å²) in [7, 11) is 1.30. The van der Waals surface area contributed by atoms with Crippen LogP contribution in [0.5, 0.6) is 0 Å². The second-order valence-corrected chi connectivity index (χ2v) is 4.63. The first-order valence-electron chi connectivity index (χ1n) is 6.20. The third kappa shape index (κ3) is 3.30. The Kier molecular flexibility index (Phi) is 4.14. The summed E-state index contributed by atoms with van der Waals surface area (Å²) in [5, 5.41) is 0. The Hall–Kier alpha value is -1.91. The van der Waals surface area contributed by atoms with Gasteiger partial charge in [0.05, 0.1) is 7.11 Å². The number of piperidine rings is 1. The standard InChI is InChI=1S/C14H16FNO3/c1-19-14(18)9-16-7-6-11(8-13(16)17)10-2-4-12(15)5-3-10/h2-5,11H,6-9H2,1H3/t11-/m0/s1. The number of hydrogen-bond donors (Lipinski definition) is 0. The van der Waals surface area contributed by atoms with Crippen molar-refractivity contribution in [1.82, 2.24) is 4.90 Å². The van der Waals surface area contributed by atoms with Crippen LogP contribution in [0, 0.1) is 5.82 Å². The molecule has 1 fully saturated rings. The van der Waals surface area contributed by atoms with Crippen molar-refractivity contribution in [2.45, 2.75) is 18.8 Å². The van der Waals surface area contributed by atoms with Gasteiger partial charge in [-0.2, -0.15) is 0 Å². The SMILES string of the molecule is COC(=O)CN1CC[C@H](c2ccc(F)cc2)CC1=O. The molecule has 1 aliphatic rings. The van der Waals surface area contributed by atoms with E-state index in [1.165, 1.54) is 24.1 Å². The smallest absolute Gasteiger partial charge is 0.325 e. The topological polar surface area (TPSA) is 46.6 Å². The zero-order valence-electron chi connectivity index (χ0n) is 10.8. The molecule has 102 valence electrons. The maximum atomic E-state index is 12.8. The second kappa shape index (κ2) is 5.82. The van der Waals surface area contributed by atoms with Crippen molar-refractivity contribution >= 4 is 11.9 Å². The first kappa shape index (κ1) is 13.5. The molecule has 0 unspecified atom stereocenters. The van der Waals surface area contributed by atoms with Gasteiger partial charge in [-0.1, -0.05) is 12.1 Å². The van der Waals surface area contributed by atoms with Crippen molar-refractivity contribution in [2.24, 2.45) is 0 Å². The number of esters is 1. The number of methoxy groups -OCH3 is 1. The minimum Gasteiger partial charge on any atom is -0.468 e. The summed E-state index contributed by atoms with van der Waals surface area (Å²) >= 11 is 0. The Balaban J connectivity index is 1.98. The molecule has 2 rings (SSSR count). The zero-order chi connectivity index (χ0) is 13.8. The van der Waals surface area contributed by atoms with Crippen LogP contribution in [-0.4, -0.2) is 37.0 Å². The fourth-order valence-corrected chi connectivity index (χ4v) is 2.29. The average Bonchev–Trinajstić information content (AvgIpc) is 2.41. The third-order valence-electron chi connectivity index (χ3n) is 3.41. The Morgan fingerprint density at radius 1 is 1.42 bits per heavy atom. The molecular formula is C14H16FNO3. The Bertz CT molecular complexity index is 472. The van der Waals surface area contributed by atoms with Gasteiger partial charge in [-0.15, -0.1) is 0 Å². The number of carbonyl (C=O) groups excluding carboxylic acids is 2. The van der Waals surface area contributed by atoms with Gasteiger partial charge < -0.3 is 9.64 Å². The van der Waals surface area contributed by atoms with E-state index in [1.807, 2.05) is 0 Å². The molecule has 1 aliphatic heterocycles. The maximum Gasteiger partial charge on any atom is 0.325 e. The lowest BCUT2D eigenvalue weighted by molar-refractivity contribution is -0.148. The number of nitrogens with zero attached hydrogens (tertiary/aromatic N) is 1. The van der Waals surface area contributed by atoms with Gasteiger partial charge in [0.15, 0.2) is 0 Å². The van der Waals surface area contributed by atoms with Crippen molar-refractivity contribution < 1.29 is 18.7 Å². The van der Waals surface area contributed by atoms with E-state index in [2.05, 4.69) is 4.74 Å². The van der Waals surface area contributed by atoms with Crippen molar-refractivity contribution in [2.75, 3.05) is 20.2 Å². The van der Waals surface area contributed by atoms with Gasteiger partial charge in [-0.25, -0.2) is 4.39 Å². The lowest BCUT2D eigenvalue weighted by Gasteiger charge is -2.31. The van der Waals surface area contributed by atoms with Crippen LogP contribution in [0.1, 0.15) is 24.3 Å². The molecule has 1 saturated heterocycles. The molecule has 0 spiro atoms. The number of benzene rings is 1. The monoisotopic (exact) mass is 265 g/mol. The number of ether oxygens (including phenoxy) is 1. The number of carbonyl (C=O) groups is 2. The molecule has 1 heterocycles. The van der Waals surface area contributed by atoms with E-state index in [9.17, 15) is 14.0 Å². The minimum atomic E-state index is -0.409. The van der Waals surface area contributed by atoms with Gasteiger partial charge in [-0.3, -0.25) is 9.59 Å². The largest absolute Gasteiger partial charge is 0.468 e. The fourth-order valence-electron chi connectivity index (χ4n) is 2.29. The van der Waals surface area contributed by atoms with Crippen molar-refractivity contribution in [3.05, 3.63) is 35.6 Å². The molecule has 0 radical (unpaired) electrons. The molecule has 0 bridgehead atoms. The van der Waals surface area contributed by atoms with Gasteiger partial charge >= 0.3 is 5.97 Å². The maximum absolute atomic E-state index is 12.8. The van der Waals surface area contributed by atoms with Gasteiger partial charge in [-0.05, 0) is 30.0 Å². The first-order valence-corrected chi connectivity index (χ1v) is 6.20. The van der Waals surface area contributed by atoms with Crippen LogP contribution in [0.3, 0.4) is 0 Å². The Morgan fingerprint density at radius 2 is 2.11 bits per heavy atom. The summed E-state index contributed by atoms with van der Waals surface area (Å²) in [5.74, 6) is -0.653. The number of likely N-dealkylation sites (tertiary alicyclic amines) is 1. The van der Waals surface area contributed by atoms with E-state index in [0.29, 0.717) is 13.0 Å². The van der Waals surface area contributed by atoms with Gasteiger partial charge in [0.25, 0.3) is 0 Å². The predicted octanol–water partition coefficient (Wildman–Crippen LogP) is 1.70. The highest BCUT2D eigenvalue weighted by molar-refractivity contribution is 5.83. The number of amides is 1. The molecule has 1 aromatic carbocycles. The van der Waals surface area contributed by atoms with Crippen molar-refractivity contribution in [3.63, 3.8) is 0 Å². The molecule has 1 aromatic rings. The summed E-state index contributed by atoms with van der Waals surface area (Å²) in [4.78, 5) is 24.6. The number of halogens is 1. The highest BCUT2D eigenvalue weighted by Crippen LogP contribution is 2.28. The van der Waals surface area contributed by atoms with Crippen LogP contribution in [0.2, 0.25) is 0 Å². The van der Waals surface area contributed by atoms with E-state index < -0.39 is 5.97 Å². The van der Waals surface area contributed by atoms with E-state index >= 15 is 0 Å². The molecule has 0 aromatic heterocycles. The minimum absolute atomic E-state index is 0.00543. The van der Waals surface area contributed by atoms with Crippen molar-refractivity contribution in [1.29, 1.82) is 0 Å². The average molecular weight is 265 g/mol. The molecule has 1 amide bonds. The Labute approximate surface area is 111 Å². The van der Waals surface area contributed by atoms with Crippen LogP contribution < -0.4 is 0 Å². The third-order valence-corrected chi connectivity index (χ3v) is 3.41. The lowest BCUT2D eigenvalue weighted by atomic mass is 9.89. The van der Waals surface area contributed by atoms with E-state index in [1.54, 1.807) is 12.1 Å². The van der Waals surface area contributed by atoms with E-state index in [0.717, 1.165) is 12.0 Å². The summed E-state index contributed by atoms with van der Waals surface area (Å²) in [6.45, 7) is 0.529. The van der Waals surface area contributed by atoms with E-state index in [-0.39, 0.29) is 24.2 Å². The fraction of sp³-hybridized carbons (Fsp3) is 0.429. The molecule has 0 saturated carbocycles. The van der Waals surface area contributed by atoms with Gasteiger partial charge in [0, 0.05) is 13.0 Å². The van der Waals surface area contributed by atoms with Crippen LogP contribution in [-0.2, 0) is 14.3 Å². The summed E-state index contributed by atoms with van der Waals surface area (Å²) in [6.07, 6.45) is 1.12. The molecule has 4 nitrogen and oxygen atoms in total. The normalized spacial score (nSPS) is 19.4. The van der Waals surface area contributed by atoms with Gasteiger partial charge in [0.1, 0.15) is 12.4 Å². The summed E-state index contributed by atoms with van der Waals surface area (Å²) in [6, 6.07) is 6.23. The van der Waals surface area contributed by atoms with Crippen LogP contribution in [0.25, 0.3) is 0 Å². The predicted molar refractivity (Wildman–Crippen MR) is 67.0 cm³/mol. The molecule has 0 aliphatic carbocycles. The Morgan fingerprint density at radius 3 is 2.68 bits per heavy atom. The van der Waals surface area contributed by atoms with Gasteiger partial charge in [0.2, 0.25) is 5.91 Å². The molecule has 0 N–H and O–H groups in total. The highest BCUT2D eigenvalue weighted by atomic mass is 19.1. The molecule has 19 heavy (non-hydrogen) atoms. The van der Waals surface area contributed by atoms with E-state index in [4.69, 9.17) is 0 Å². The van der Waals surface area contributed by atoms with Crippen LogP contribution in [0.15, 0.2) is 24.3 Å². The zero-order valence-corrected chi connectivity index (χ0v) is 10.8. The molecule has 1 atom stereocenters. The van der Waals surface area contributed by atoms with Crippen molar-refractivity contribution in [3.8, 4) is 0 Å². The molecule has 5 heteroatoms. The number of hydrogen-bond acceptors (Lipinski definition) is 3. The molecular weight excluding hydrogens is 249 g/mol. The number of rotatable bonds is 3. The summed E-state index contributed by atoms with van der Waals surface area (Å²) < 4.78 is 17.4. The highest BCUT2D eigenvalue weighted by Gasteiger charge is 2.28. The van der Waals surface area contributed by atoms with Crippen LogP contribution in [0.4, 0.5) is 4.39 Å². The first-order chi connectivity index (χ1) is 9.10. The lowest BCUT2D eigenvalue weighted by Crippen LogP contribution is -2.41.